The predicted molar refractivity (Wildman–Crippen MR) is 68.4 cm³/mol. The van der Waals surface area contributed by atoms with E-state index in [1.807, 2.05) is 0 Å². The lowest BCUT2D eigenvalue weighted by molar-refractivity contribution is -0.121. The quantitative estimate of drug-likeness (QED) is 0.826. The van der Waals surface area contributed by atoms with Crippen molar-refractivity contribution in [1.82, 2.24) is 5.32 Å². The molecule has 0 fully saturated rings. The standard InChI is InChI=1S/C13H16N2O3/c1-9(16)3-8-12(17)15-11-6-4-10(5-7-11)13(18)14-2/h4-7H,3,8H2,1-2H3,(H,14,18)(H,15,17). The Labute approximate surface area is 106 Å². The van der Waals surface area contributed by atoms with Gasteiger partial charge in [0.05, 0.1) is 0 Å². The number of carbonyl (C=O) groups is 3. The molecule has 0 aliphatic carbocycles. The van der Waals surface area contributed by atoms with E-state index in [9.17, 15) is 14.4 Å². The Morgan fingerprint density at radius 1 is 1.06 bits per heavy atom. The van der Waals surface area contributed by atoms with Crippen LogP contribution in [0.15, 0.2) is 24.3 Å². The Morgan fingerprint density at radius 2 is 1.67 bits per heavy atom. The van der Waals surface area contributed by atoms with Crippen LogP contribution in [0.2, 0.25) is 0 Å². The van der Waals surface area contributed by atoms with E-state index in [-0.39, 0.29) is 30.4 Å². The van der Waals surface area contributed by atoms with Crippen LogP contribution in [0.4, 0.5) is 5.69 Å². The molecule has 18 heavy (non-hydrogen) atoms. The van der Waals surface area contributed by atoms with Crippen LogP contribution in [-0.2, 0) is 9.59 Å². The highest BCUT2D eigenvalue weighted by molar-refractivity contribution is 5.96. The van der Waals surface area contributed by atoms with Gasteiger partial charge in [-0.2, -0.15) is 0 Å². The maximum absolute atomic E-state index is 11.4. The van der Waals surface area contributed by atoms with Crippen molar-refractivity contribution < 1.29 is 14.4 Å². The van der Waals surface area contributed by atoms with Crippen LogP contribution in [0.1, 0.15) is 30.1 Å². The largest absolute Gasteiger partial charge is 0.355 e. The molecular formula is C13H16N2O3. The summed E-state index contributed by atoms with van der Waals surface area (Å²) >= 11 is 0. The van der Waals surface area contributed by atoms with Gasteiger partial charge in [0.1, 0.15) is 5.78 Å². The minimum absolute atomic E-state index is 0.0138. The second-order valence-electron chi connectivity index (χ2n) is 3.91. The van der Waals surface area contributed by atoms with Gasteiger partial charge in [0.15, 0.2) is 0 Å². The SMILES string of the molecule is CNC(=O)c1ccc(NC(=O)CCC(C)=O)cc1. The van der Waals surface area contributed by atoms with Crippen LogP contribution >= 0.6 is 0 Å². The van der Waals surface area contributed by atoms with Gasteiger partial charge in [-0.05, 0) is 31.2 Å². The highest BCUT2D eigenvalue weighted by Crippen LogP contribution is 2.10. The van der Waals surface area contributed by atoms with Crippen LogP contribution in [0.5, 0.6) is 0 Å². The number of hydrogen-bond donors (Lipinski definition) is 2. The van der Waals surface area contributed by atoms with Crippen molar-refractivity contribution in [1.29, 1.82) is 0 Å². The minimum Gasteiger partial charge on any atom is -0.355 e. The first-order valence-electron chi connectivity index (χ1n) is 5.64. The molecule has 0 heterocycles. The fourth-order valence-electron chi connectivity index (χ4n) is 1.36. The van der Waals surface area contributed by atoms with Crippen LogP contribution in [0.25, 0.3) is 0 Å². The summed E-state index contributed by atoms with van der Waals surface area (Å²) in [4.78, 5) is 33.5. The van der Waals surface area contributed by atoms with E-state index in [0.29, 0.717) is 11.3 Å². The number of rotatable bonds is 5. The number of amides is 2. The Bertz CT molecular complexity index is 452. The number of anilines is 1. The molecule has 0 aromatic heterocycles. The third-order valence-electron chi connectivity index (χ3n) is 2.36. The summed E-state index contributed by atoms with van der Waals surface area (Å²) < 4.78 is 0. The normalized spacial score (nSPS) is 9.67. The average molecular weight is 248 g/mol. The van der Waals surface area contributed by atoms with Crippen molar-refractivity contribution in [3.63, 3.8) is 0 Å². The van der Waals surface area contributed by atoms with Crippen molar-refractivity contribution in [3.05, 3.63) is 29.8 Å². The van der Waals surface area contributed by atoms with Crippen molar-refractivity contribution in [2.24, 2.45) is 0 Å². The average Bonchev–Trinajstić information content (AvgIpc) is 2.36. The topological polar surface area (TPSA) is 75.3 Å². The summed E-state index contributed by atoms with van der Waals surface area (Å²) in [6.07, 6.45) is 0.411. The van der Waals surface area contributed by atoms with Crippen LogP contribution in [0.3, 0.4) is 0 Å². The lowest BCUT2D eigenvalue weighted by atomic mass is 10.2. The first-order chi connectivity index (χ1) is 8.52. The van der Waals surface area contributed by atoms with E-state index in [2.05, 4.69) is 10.6 Å². The zero-order valence-electron chi connectivity index (χ0n) is 10.4. The smallest absolute Gasteiger partial charge is 0.251 e. The van der Waals surface area contributed by atoms with Crippen LogP contribution < -0.4 is 10.6 Å². The molecule has 96 valence electrons. The van der Waals surface area contributed by atoms with Gasteiger partial charge in [0.2, 0.25) is 5.91 Å². The third-order valence-corrected chi connectivity index (χ3v) is 2.36. The molecule has 5 nitrogen and oxygen atoms in total. The number of hydrogen-bond acceptors (Lipinski definition) is 3. The second kappa shape index (κ2) is 6.54. The van der Waals surface area contributed by atoms with Gasteiger partial charge in [-0.25, -0.2) is 0 Å². The van der Waals surface area contributed by atoms with Gasteiger partial charge >= 0.3 is 0 Å². The molecule has 0 saturated heterocycles. The molecule has 0 saturated carbocycles. The van der Waals surface area contributed by atoms with Crippen LogP contribution in [-0.4, -0.2) is 24.6 Å². The molecule has 0 unspecified atom stereocenters. The van der Waals surface area contributed by atoms with E-state index in [1.54, 1.807) is 31.3 Å². The Morgan fingerprint density at radius 3 is 2.17 bits per heavy atom. The molecule has 0 aliphatic rings. The molecule has 0 spiro atoms. The van der Waals surface area contributed by atoms with E-state index < -0.39 is 0 Å². The summed E-state index contributed by atoms with van der Waals surface area (Å²) in [6, 6.07) is 6.55. The predicted octanol–water partition coefficient (Wildman–Crippen LogP) is 1.35. The van der Waals surface area contributed by atoms with Crippen molar-refractivity contribution >= 4 is 23.3 Å². The molecule has 0 aliphatic heterocycles. The summed E-state index contributed by atoms with van der Waals surface area (Å²) in [5, 5.41) is 5.17. The minimum atomic E-state index is -0.210. The second-order valence-corrected chi connectivity index (χ2v) is 3.91. The molecule has 0 bridgehead atoms. The maximum atomic E-state index is 11.4. The van der Waals surface area contributed by atoms with Gasteiger partial charge in [-0.1, -0.05) is 0 Å². The van der Waals surface area contributed by atoms with Gasteiger partial charge in [0.25, 0.3) is 5.91 Å². The van der Waals surface area contributed by atoms with Crippen molar-refractivity contribution in [2.75, 3.05) is 12.4 Å². The van der Waals surface area contributed by atoms with E-state index in [4.69, 9.17) is 0 Å². The van der Waals surface area contributed by atoms with Gasteiger partial charge < -0.3 is 15.4 Å². The van der Waals surface area contributed by atoms with E-state index in [0.717, 1.165) is 0 Å². The molecule has 5 heteroatoms. The zero-order chi connectivity index (χ0) is 13.5. The summed E-state index contributed by atoms with van der Waals surface area (Å²) in [7, 11) is 1.56. The fourth-order valence-corrected chi connectivity index (χ4v) is 1.36. The maximum Gasteiger partial charge on any atom is 0.251 e. The molecular weight excluding hydrogens is 232 g/mol. The molecule has 0 radical (unpaired) electrons. The lowest BCUT2D eigenvalue weighted by Gasteiger charge is -2.05. The Balaban J connectivity index is 2.55. The van der Waals surface area contributed by atoms with Crippen molar-refractivity contribution in [2.45, 2.75) is 19.8 Å². The monoisotopic (exact) mass is 248 g/mol. The Kier molecular flexibility index (Phi) is 5.05. The van der Waals surface area contributed by atoms with Gasteiger partial charge in [-0.15, -0.1) is 0 Å². The molecule has 0 atom stereocenters. The molecule has 2 N–H and O–H groups in total. The number of carbonyl (C=O) groups excluding carboxylic acids is 3. The highest BCUT2D eigenvalue weighted by Gasteiger charge is 2.06. The third kappa shape index (κ3) is 4.37. The fraction of sp³-hybridized carbons (Fsp3) is 0.308. The molecule has 1 aromatic rings. The van der Waals surface area contributed by atoms with Gasteiger partial charge in [0, 0.05) is 31.1 Å². The summed E-state index contributed by atoms with van der Waals surface area (Å²) in [5.41, 5.74) is 1.13. The van der Waals surface area contributed by atoms with E-state index >= 15 is 0 Å². The van der Waals surface area contributed by atoms with E-state index in [1.165, 1.54) is 6.92 Å². The molecule has 2 amide bonds. The first kappa shape index (κ1) is 13.9. The number of ketones is 1. The van der Waals surface area contributed by atoms with Crippen LogP contribution in [0, 0.1) is 0 Å². The summed E-state index contributed by atoms with van der Waals surface area (Å²) in [6.45, 7) is 1.45. The van der Waals surface area contributed by atoms with Crippen molar-refractivity contribution in [3.8, 4) is 0 Å². The number of Topliss-reactive ketones (excluding diaryl/α,β-unsaturated/α-hetero) is 1. The zero-order valence-corrected chi connectivity index (χ0v) is 10.4. The highest BCUT2D eigenvalue weighted by atomic mass is 16.2. The van der Waals surface area contributed by atoms with Gasteiger partial charge in [-0.3, -0.25) is 9.59 Å². The summed E-state index contributed by atoms with van der Waals surface area (Å²) in [5.74, 6) is -0.400. The molecule has 1 aromatic carbocycles. The number of nitrogens with one attached hydrogen (secondary N) is 2. The first-order valence-corrected chi connectivity index (χ1v) is 5.64. The molecule has 1 rings (SSSR count). The lowest BCUT2D eigenvalue weighted by Crippen LogP contribution is -2.18. The Hall–Kier alpha value is -2.17. The number of benzene rings is 1.